The molecular formula is C17H18F3N3OS. The smallest absolute Gasteiger partial charge is 0.370 e. The molecule has 0 radical (unpaired) electrons. The summed E-state index contributed by atoms with van der Waals surface area (Å²) in [7, 11) is 0. The van der Waals surface area contributed by atoms with Gasteiger partial charge in [0.15, 0.2) is 0 Å². The number of morpholine rings is 1. The first-order valence-electron chi connectivity index (χ1n) is 7.80. The van der Waals surface area contributed by atoms with E-state index in [9.17, 15) is 13.2 Å². The lowest BCUT2D eigenvalue weighted by Crippen LogP contribution is -2.46. The summed E-state index contributed by atoms with van der Waals surface area (Å²) in [4.78, 5) is 11.7. The quantitative estimate of drug-likeness (QED) is 0.759. The molecule has 3 rings (SSSR count). The number of halogens is 3. The Kier molecular flexibility index (Phi) is 5.19. The third-order valence-electron chi connectivity index (χ3n) is 4.13. The van der Waals surface area contributed by atoms with E-state index in [0.29, 0.717) is 24.7 Å². The van der Waals surface area contributed by atoms with Crippen molar-refractivity contribution < 1.29 is 17.9 Å². The van der Waals surface area contributed by atoms with E-state index in [-0.39, 0.29) is 6.04 Å². The average Bonchev–Trinajstić information content (AvgIpc) is 2.62. The van der Waals surface area contributed by atoms with Crippen molar-refractivity contribution >= 4 is 17.7 Å². The van der Waals surface area contributed by atoms with Crippen LogP contribution < -0.4 is 4.90 Å². The zero-order valence-electron chi connectivity index (χ0n) is 13.8. The Labute approximate surface area is 148 Å². The summed E-state index contributed by atoms with van der Waals surface area (Å²) in [6.45, 7) is 2.78. The maximum atomic E-state index is 12.9. The molecule has 1 saturated heterocycles. The molecule has 2 heterocycles. The fraction of sp³-hybridized carbons (Fsp3) is 0.412. The number of alkyl halides is 3. The second-order valence-electron chi connectivity index (χ2n) is 5.87. The third kappa shape index (κ3) is 4.07. The normalized spacial score (nSPS) is 21.4. The van der Waals surface area contributed by atoms with Crippen LogP contribution in [-0.2, 0) is 10.9 Å². The number of benzene rings is 1. The molecular weight excluding hydrogens is 351 g/mol. The Morgan fingerprint density at radius 1 is 1.24 bits per heavy atom. The molecule has 0 bridgehead atoms. The van der Waals surface area contributed by atoms with Gasteiger partial charge in [0.1, 0.15) is 6.10 Å². The van der Waals surface area contributed by atoms with Gasteiger partial charge in [-0.2, -0.15) is 13.2 Å². The first-order valence-corrected chi connectivity index (χ1v) is 9.02. The van der Waals surface area contributed by atoms with Crippen molar-refractivity contribution in [1.29, 1.82) is 0 Å². The molecule has 4 nitrogen and oxygen atoms in total. The topological polar surface area (TPSA) is 38.2 Å². The minimum Gasteiger partial charge on any atom is -0.370 e. The molecule has 0 spiro atoms. The highest BCUT2D eigenvalue weighted by Gasteiger charge is 2.33. The molecule has 2 aromatic rings. The van der Waals surface area contributed by atoms with E-state index >= 15 is 0 Å². The van der Waals surface area contributed by atoms with Gasteiger partial charge in [0.05, 0.1) is 24.8 Å². The first kappa shape index (κ1) is 18.0. The van der Waals surface area contributed by atoms with Crippen LogP contribution in [0.1, 0.15) is 24.2 Å². The van der Waals surface area contributed by atoms with Crippen molar-refractivity contribution in [3.8, 4) is 0 Å². The second kappa shape index (κ2) is 7.21. The molecule has 25 heavy (non-hydrogen) atoms. The van der Waals surface area contributed by atoms with E-state index in [1.807, 2.05) is 18.1 Å². The first-order chi connectivity index (χ1) is 11.9. The number of anilines is 1. The van der Waals surface area contributed by atoms with Crippen LogP contribution in [0.3, 0.4) is 0 Å². The predicted molar refractivity (Wildman–Crippen MR) is 90.8 cm³/mol. The summed E-state index contributed by atoms with van der Waals surface area (Å²) in [5.74, 6) is 0.561. The third-order valence-corrected chi connectivity index (χ3v) is 4.81. The van der Waals surface area contributed by atoms with Gasteiger partial charge in [0, 0.05) is 17.3 Å². The number of thioether (sulfide) groups is 1. The zero-order valence-corrected chi connectivity index (χ0v) is 14.6. The number of aromatic nitrogens is 2. The largest absolute Gasteiger partial charge is 0.416 e. The van der Waals surface area contributed by atoms with Crippen molar-refractivity contribution in [3.63, 3.8) is 0 Å². The van der Waals surface area contributed by atoms with Crippen LogP contribution in [0.5, 0.6) is 0 Å². The summed E-state index contributed by atoms with van der Waals surface area (Å²) in [6.07, 6.45) is 0.610. The fourth-order valence-electron chi connectivity index (χ4n) is 2.72. The van der Waals surface area contributed by atoms with Gasteiger partial charge in [-0.15, -0.1) is 11.8 Å². The molecule has 1 aliphatic heterocycles. The maximum Gasteiger partial charge on any atom is 0.416 e. The summed E-state index contributed by atoms with van der Waals surface area (Å²) < 4.78 is 44.6. The minimum absolute atomic E-state index is 0.0437. The number of hydrogen-bond acceptors (Lipinski definition) is 5. The number of hydrogen-bond donors (Lipinski definition) is 0. The van der Waals surface area contributed by atoms with Crippen molar-refractivity contribution in [2.24, 2.45) is 0 Å². The molecule has 0 unspecified atom stereocenters. The summed E-state index contributed by atoms with van der Waals surface area (Å²) >= 11 is 1.55. The van der Waals surface area contributed by atoms with Crippen molar-refractivity contribution in [1.82, 2.24) is 9.97 Å². The number of nitrogens with zero attached hydrogens (tertiary/aromatic N) is 3. The van der Waals surface area contributed by atoms with Gasteiger partial charge in [-0.1, -0.05) is 12.1 Å². The van der Waals surface area contributed by atoms with E-state index in [4.69, 9.17) is 4.74 Å². The number of rotatable bonds is 3. The molecule has 0 aliphatic carbocycles. The van der Waals surface area contributed by atoms with Gasteiger partial charge in [0.2, 0.25) is 5.95 Å². The Morgan fingerprint density at radius 2 is 1.96 bits per heavy atom. The van der Waals surface area contributed by atoms with E-state index in [1.165, 1.54) is 6.07 Å². The highest BCUT2D eigenvalue weighted by atomic mass is 32.2. The molecule has 134 valence electrons. The van der Waals surface area contributed by atoms with Crippen LogP contribution in [0.25, 0.3) is 0 Å². The van der Waals surface area contributed by atoms with Crippen LogP contribution in [0.2, 0.25) is 0 Å². The van der Waals surface area contributed by atoms with Crippen LogP contribution in [0.15, 0.2) is 41.6 Å². The Morgan fingerprint density at radius 3 is 2.60 bits per heavy atom. The summed E-state index contributed by atoms with van der Waals surface area (Å²) in [5, 5.41) is 0. The monoisotopic (exact) mass is 369 g/mol. The Bertz CT molecular complexity index is 724. The lowest BCUT2D eigenvalue weighted by atomic mass is 10.0. The predicted octanol–water partition coefficient (Wildman–Crippen LogP) is 4.18. The highest BCUT2D eigenvalue weighted by Crippen LogP contribution is 2.33. The zero-order chi connectivity index (χ0) is 18.0. The molecule has 1 aliphatic rings. The molecule has 0 N–H and O–H groups in total. The van der Waals surface area contributed by atoms with Crippen LogP contribution in [-0.4, -0.2) is 35.4 Å². The molecule has 0 amide bonds. The molecule has 0 saturated carbocycles. The summed E-state index contributed by atoms with van der Waals surface area (Å²) in [5.41, 5.74) is -0.160. The van der Waals surface area contributed by atoms with Crippen LogP contribution in [0.4, 0.5) is 19.1 Å². The highest BCUT2D eigenvalue weighted by molar-refractivity contribution is 7.98. The van der Waals surface area contributed by atoms with Gasteiger partial charge >= 0.3 is 6.18 Å². The van der Waals surface area contributed by atoms with Crippen molar-refractivity contribution in [3.05, 3.63) is 47.8 Å². The lowest BCUT2D eigenvalue weighted by molar-refractivity contribution is -0.137. The van der Waals surface area contributed by atoms with E-state index in [1.54, 1.807) is 30.2 Å². The van der Waals surface area contributed by atoms with Crippen LogP contribution in [0, 0.1) is 0 Å². The van der Waals surface area contributed by atoms with E-state index < -0.39 is 17.8 Å². The van der Waals surface area contributed by atoms with Gasteiger partial charge in [-0.3, -0.25) is 0 Å². The second-order valence-corrected chi connectivity index (χ2v) is 6.75. The lowest BCUT2D eigenvalue weighted by Gasteiger charge is -2.38. The van der Waals surface area contributed by atoms with Gasteiger partial charge in [0.25, 0.3) is 0 Å². The van der Waals surface area contributed by atoms with E-state index in [2.05, 4.69) is 9.97 Å². The fourth-order valence-corrected chi connectivity index (χ4v) is 3.03. The maximum absolute atomic E-state index is 12.9. The molecule has 1 fully saturated rings. The Balaban J connectivity index is 1.82. The molecule has 1 aromatic heterocycles. The van der Waals surface area contributed by atoms with Crippen molar-refractivity contribution in [2.45, 2.75) is 30.1 Å². The van der Waals surface area contributed by atoms with Gasteiger partial charge in [-0.05, 0) is 30.9 Å². The molecule has 1 aromatic carbocycles. The van der Waals surface area contributed by atoms with Crippen LogP contribution >= 0.6 is 11.8 Å². The molecule has 2 atom stereocenters. The number of ether oxygens (including phenoxy) is 1. The summed E-state index contributed by atoms with van der Waals surface area (Å²) in [6, 6.07) is 5.33. The SMILES string of the molecule is CSc1cnc(N2C[C@@H](c3cccc(C(F)(F)F)c3)OC[C@@H]2C)nc1. The average molecular weight is 369 g/mol. The van der Waals surface area contributed by atoms with Gasteiger partial charge in [-0.25, -0.2) is 9.97 Å². The van der Waals surface area contributed by atoms with E-state index in [0.717, 1.165) is 17.0 Å². The Hall–Kier alpha value is -1.80. The minimum atomic E-state index is -4.37. The van der Waals surface area contributed by atoms with Gasteiger partial charge < -0.3 is 9.64 Å². The molecule has 8 heteroatoms. The standard InChI is InChI=1S/C17H18F3N3OS/c1-11-10-24-15(12-4-3-5-13(6-12)17(18,19)20)9-23(11)16-21-7-14(25-2)8-22-16/h3-8,11,15H,9-10H2,1-2H3/t11-,15-/m0/s1. The van der Waals surface area contributed by atoms with Crippen molar-refractivity contribution in [2.75, 3.05) is 24.3 Å².